The number of piperidine rings is 1. The largest absolute Gasteiger partial charge is 0.479 e. The van der Waals surface area contributed by atoms with Crippen molar-refractivity contribution in [2.75, 3.05) is 13.2 Å². The van der Waals surface area contributed by atoms with Crippen LogP contribution < -0.4 is 5.32 Å². The van der Waals surface area contributed by atoms with Gasteiger partial charge in [0.05, 0.1) is 0 Å². The first-order chi connectivity index (χ1) is 16.9. The van der Waals surface area contributed by atoms with Gasteiger partial charge in [-0.15, -0.1) is 0 Å². The topological polar surface area (TPSA) is 95.9 Å². The molecule has 1 saturated heterocycles. The van der Waals surface area contributed by atoms with Crippen LogP contribution >= 0.6 is 0 Å². The Labute approximate surface area is 205 Å². The van der Waals surface area contributed by atoms with Gasteiger partial charge in [0.25, 0.3) is 0 Å². The molecule has 35 heavy (non-hydrogen) atoms. The minimum Gasteiger partial charge on any atom is -0.479 e. The van der Waals surface area contributed by atoms with Crippen LogP contribution in [0.2, 0.25) is 0 Å². The maximum absolute atomic E-state index is 13.6. The first-order valence-corrected chi connectivity index (χ1v) is 12.5. The van der Waals surface area contributed by atoms with Gasteiger partial charge in [-0.25, -0.2) is 9.59 Å². The van der Waals surface area contributed by atoms with Crippen molar-refractivity contribution >= 4 is 18.0 Å². The molecule has 0 aromatic heterocycles. The zero-order chi connectivity index (χ0) is 24.7. The Hall–Kier alpha value is -3.35. The zero-order valence-corrected chi connectivity index (χ0v) is 20.2. The summed E-state index contributed by atoms with van der Waals surface area (Å²) in [4.78, 5) is 40.1. The van der Waals surface area contributed by atoms with E-state index in [4.69, 9.17) is 4.74 Å². The van der Waals surface area contributed by atoms with Gasteiger partial charge < -0.3 is 20.1 Å². The van der Waals surface area contributed by atoms with E-state index in [9.17, 15) is 19.5 Å². The Bertz CT molecular complexity index is 1120. The molecule has 0 bridgehead atoms. The summed E-state index contributed by atoms with van der Waals surface area (Å²) in [5.74, 6) is -1.50. The van der Waals surface area contributed by atoms with Crippen LogP contribution in [-0.2, 0) is 14.3 Å². The van der Waals surface area contributed by atoms with Crippen molar-refractivity contribution in [1.29, 1.82) is 0 Å². The molecule has 7 heteroatoms. The number of aliphatic carboxylic acids is 1. The van der Waals surface area contributed by atoms with Gasteiger partial charge in [-0.05, 0) is 53.4 Å². The highest BCUT2D eigenvalue weighted by atomic mass is 16.5. The van der Waals surface area contributed by atoms with E-state index in [0.717, 1.165) is 35.1 Å². The molecule has 5 rings (SSSR count). The summed E-state index contributed by atoms with van der Waals surface area (Å²) in [7, 11) is 0. The zero-order valence-electron chi connectivity index (χ0n) is 20.2. The van der Waals surface area contributed by atoms with Crippen molar-refractivity contribution in [2.24, 2.45) is 11.8 Å². The Kier molecular flexibility index (Phi) is 6.03. The number of hydrogen-bond donors (Lipinski definition) is 2. The highest BCUT2D eigenvalue weighted by Crippen LogP contribution is 2.54. The summed E-state index contributed by atoms with van der Waals surface area (Å²) in [6.45, 7) is 4.41. The molecule has 2 aromatic rings. The highest BCUT2D eigenvalue weighted by molar-refractivity contribution is 5.94. The summed E-state index contributed by atoms with van der Waals surface area (Å²) >= 11 is 0. The third-order valence-electron chi connectivity index (χ3n) is 8.22. The Morgan fingerprint density at radius 3 is 2.34 bits per heavy atom. The predicted octanol–water partition coefficient (Wildman–Crippen LogP) is 4.41. The molecule has 2 amide bonds. The van der Waals surface area contributed by atoms with Crippen LogP contribution in [0.15, 0.2) is 48.5 Å². The van der Waals surface area contributed by atoms with E-state index in [-0.39, 0.29) is 30.3 Å². The van der Waals surface area contributed by atoms with Gasteiger partial charge >= 0.3 is 12.1 Å². The van der Waals surface area contributed by atoms with E-state index >= 15 is 0 Å². The molecular formula is C28H32N2O5. The Morgan fingerprint density at radius 2 is 1.74 bits per heavy atom. The summed E-state index contributed by atoms with van der Waals surface area (Å²) in [5, 5.41) is 12.7. The molecule has 3 aliphatic rings. The number of carboxylic acid groups (broad SMARTS) is 1. The lowest BCUT2D eigenvalue weighted by Crippen LogP contribution is -2.59. The summed E-state index contributed by atoms with van der Waals surface area (Å²) in [5.41, 5.74) is 3.42. The molecule has 2 fully saturated rings. The number of rotatable bonds is 7. The van der Waals surface area contributed by atoms with Crippen LogP contribution in [0.4, 0.5) is 4.79 Å². The average molecular weight is 477 g/mol. The number of benzene rings is 2. The van der Waals surface area contributed by atoms with E-state index in [0.29, 0.717) is 19.4 Å². The second-order valence-electron chi connectivity index (χ2n) is 10.1. The maximum Gasteiger partial charge on any atom is 0.407 e. The number of fused-ring (bicyclic) bond motifs is 4. The van der Waals surface area contributed by atoms with Gasteiger partial charge in [-0.3, -0.25) is 4.79 Å². The van der Waals surface area contributed by atoms with Gasteiger partial charge in [-0.2, -0.15) is 0 Å². The molecule has 0 radical (unpaired) electrons. The Balaban J connectivity index is 1.30. The monoisotopic (exact) mass is 476 g/mol. The molecule has 2 aliphatic carbocycles. The van der Waals surface area contributed by atoms with Crippen LogP contribution in [0.1, 0.15) is 56.6 Å². The van der Waals surface area contributed by atoms with Gasteiger partial charge in [-0.1, -0.05) is 68.8 Å². The number of carbonyl (C=O) groups is 3. The van der Waals surface area contributed by atoms with Gasteiger partial charge in [0, 0.05) is 12.5 Å². The molecule has 2 N–H and O–H groups in total. The third-order valence-corrected chi connectivity index (χ3v) is 8.22. The second kappa shape index (κ2) is 9.02. The smallest absolute Gasteiger partial charge is 0.407 e. The molecule has 184 valence electrons. The van der Waals surface area contributed by atoms with Crippen LogP contribution in [-0.4, -0.2) is 52.7 Å². The van der Waals surface area contributed by atoms with E-state index in [1.165, 1.54) is 4.90 Å². The van der Waals surface area contributed by atoms with Crippen molar-refractivity contribution in [1.82, 2.24) is 10.2 Å². The Morgan fingerprint density at radius 1 is 1.11 bits per heavy atom. The van der Waals surface area contributed by atoms with Gasteiger partial charge in [0.15, 0.2) is 0 Å². The third kappa shape index (κ3) is 3.87. The standard InChI is InChI=1S/C28H32N2O5/c1-3-17(2)24(25(31)30-14-8-9-18-15-28(18,30)26(32)33)29-27(34)35-16-23-21-12-6-4-10-19(21)20-11-5-7-13-22(20)23/h4-7,10-13,17-18,23-24H,3,8-9,14-16H2,1-2H3,(H,29,34)(H,32,33)/t17?,18-,24-,28+/m0/s1. The first-order valence-electron chi connectivity index (χ1n) is 12.5. The van der Waals surface area contributed by atoms with E-state index < -0.39 is 23.6 Å². The number of amides is 2. The molecule has 0 spiro atoms. The van der Waals surface area contributed by atoms with Crippen molar-refractivity contribution < 1.29 is 24.2 Å². The fourth-order valence-electron chi connectivity index (χ4n) is 5.99. The maximum atomic E-state index is 13.6. The first kappa shape index (κ1) is 23.4. The van der Waals surface area contributed by atoms with E-state index in [1.807, 2.05) is 38.1 Å². The molecule has 7 nitrogen and oxygen atoms in total. The fraction of sp³-hybridized carbons (Fsp3) is 0.464. The number of carboxylic acids is 1. The number of nitrogens with zero attached hydrogens (tertiary/aromatic N) is 1. The fourth-order valence-corrected chi connectivity index (χ4v) is 5.99. The van der Waals surface area contributed by atoms with Gasteiger partial charge in [0.1, 0.15) is 18.2 Å². The number of ether oxygens (including phenoxy) is 1. The van der Waals surface area contributed by atoms with Crippen LogP contribution in [0.25, 0.3) is 11.1 Å². The lowest BCUT2D eigenvalue weighted by atomic mass is 9.94. The lowest BCUT2D eigenvalue weighted by Gasteiger charge is -2.37. The van der Waals surface area contributed by atoms with Crippen molar-refractivity contribution in [2.45, 2.75) is 57.0 Å². The number of hydrogen-bond acceptors (Lipinski definition) is 4. The van der Waals surface area contributed by atoms with Crippen molar-refractivity contribution in [3.8, 4) is 11.1 Å². The number of likely N-dealkylation sites (tertiary alicyclic amines) is 1. The molecule has 2 aromatic carbocycles. The van der Waals surface area contributed by atoms with Gasteiger partial charge in [0.2, 0.25) is 5.91 Å². The number of alkyl carbamates (subject to hydrolysis) is 1. The number of carbonyl (C=O) groups excluding carboxylic acids is 2. The number of nitrogens with one attached hydrogen (secondary N) is 1. The van der Waals surface area contributed by atoms with Crippen LogP contribution in [0.5, 0.6) is 0 Å². The molecular weight excluding hydrogens is 444 g/mol. The normalized spacial score (nSPS) is 23.9. The minimum absolute atomic E-state index is 0.00439. The van der Waals surface area contributed by atoms with Crippen molar-refractivity contribution in [3.05, 3.63) is 59.7 Å². The average Bonchev–Trinajstić information content (AvgIpc) is 3.56. The SMILES string of the molecule is CCC(C)[C@H](NC(=O)OCC1c2ccccc2-c2ccccc21)C(=O)N1CCC[C@H]2C[C@]21C(=O)O. The molecule has 1 aliphatic heterocycles. The quantitative estimate of drug-likeness (QED) is 0.617. The minimum atomic E-state index is -1.11. The second-order valence-corrected chi connectivity index (χ2v) is 10.1. The van der Waals surface area contributed by atoms with E-state index in [2.05, 4.69) is 29.6 Å². The summed E-state index contributed by atoms with van der Waals surface area (Å²) in [6.07, 6.45) is 2.11. The van der Waals surface area contributed by atoms with Crippen LogP contribution in [0, 0.1) is 11.8 Å². The lowest BCUT2D eigenvalue weighted by molar-refractivity contribution is -0.156. The van der Waals surface area contributed by atoms with Crippen molar-refractivity contribution in [3.63, 3.8) is 0 Å². The summed E-state index contributed by atoms with van der Waals surface area (Å²) < 4.78 is 5.68. The molecule has 1 unspecified atom stereocenters. The molecule has 1 saturated carbocycles. The van der Waals surface area contributed by atoms with E-state index in [1.54, 1.807) is 0 Å². The van der Waals surface area contributed by atoms with Crippen LogP contribution in [0.3, 0.4) is 0 Å². The molecule has 1 heterocycles. The predicted molar refractivity (Wildman–Crippen MR) is 131 cm³/mol. The highest BCUT2D eigenvalue weighted by Gasteiger charge is 2.67. The molecule has 4 atom stereocenters. The summed E-state index contributed by atoms with van der Waals surface area (Å²) in [6, 6.07) is 15.4.